The zero-order chi connectivity index (χ0) is 16.7. The standard InChI is InChI=1S/C17H17N3O3/c1-2-12-7-9-14(10-8-12)19-16(22)17(23)20-18-11-13-5-3-4-6-15(13)21/h3-11,21H,2H2,1H3,(H,19,22)(H,20,23)/b18-11+. The highest BCUT2D eigenvalue weighted by Gasteiger charge is 2.12. The van der Waals surface area contributed by atoms with Gasteiger partial charge in [0.2, 0.25) is 0 Å². The largest absolute Gasteiger partial charge is 0.507 e. The molecule has 6 heteroatoms. The van der Waals surface area contributed by atoms with Crippen molar-refractivity contribution < 1.29 is 14.7 Å². The summed E-state index contributed by atoms with van der Waals surface area (Å²) < 4.78 is 0. The molecule has 0 saturated heterocycles. The second kappa shape index (κ2) is 7.74. The van der Waals surface area contributed by atoms with Crippen molar-refractivity contribution >= 4 is 23.7 Å². The predicted octanol–water partition coefficient (Wildman–Crippen LogP) is 2.04. The van der Waals surface area contributed by atoms with Crippen LogP contribution in [0.1, 0.15) is 18.1 Å². The molecule has 0 bridgehead atoms. The third kappa shape index (κ3) is 4.67. The first kappa shape index (κ1) is 16.2. The van der Waals surface area contributed by atoms with E-state index in [9.17, 15) is 14.7 Å². The molecule has 0 aliphatic rings. The topological polar surface area (TPSA) is 90.8 Å². The van der Waals surface area contributed by atoms with Crippen LogP contribution in [-0.2, 0) is 16.0 Å². The highest BCUT2D eigenvalue weighted by atomic mass is 16.3. The Morgan fingerprint density at radius 3 is 2.43 bits per heavy atom. The summed E-state index contributed by atoms with van der Waals surface area (Å²) in [7, 11) is 0. The van der Waals surface area contributed by atoms with Crippen molar-refractivity contribution in [3.63, 3.8) is 0 Å². The third-order valence-corrected chi connectivity index (χ3v) is 3.13. The number of amides is 2. The molecule has 0 saturated carbocycles. The van der Waals surface area contributed by atoms with Gasteiger partial charge in [0.05, 0.1) is 6.21 Å². The Kier molecular flexibility index (Phi) is 5.46. The molecular formula is C17H17N3O3. The molecule has 3 N–H and O–H groups in total. The first-order valence-corrected chi connectivity index (χ1v) is 7.11. The zero-order valence-corrected chi connectivity index (χ0v) is 12.6. The Bertz CT molecular complexity index is 724. The van der Waals surface area contributed by atoms with Gasteiger partial charge in [-0.15, -0.1) is 0 Å². The average molecular weight is 311 g/mol. The number of benzene rings is 2. The number of aryl methyl sites for hydroxylation is 1. The van der Waals surface area contributed by atoms with E-state index in [1.54, 1.807) is 30.3 Å². The molecular weight excluding hydrogens is 294 g/mol. The van der Waals surface area contributed by atoms with E-state index in [0.29, 0.717) is 11.3 Å². The molecule has 23 heavy (non-hydrogen) atoms. The van der Waals surface area contributed by atoms with E-state index < -0.39 is 11.8 Å². The molecule has 0 heterocycles. The molecule has 0 unspecified atom stereocenters. The van der Waals surface area contributed by atoms with Crippen LogP contribution < -0.4 is 10.7 Å². The summed E-state index contributed by atoms with van der Waals surface area (Å²) in [5.41, 5.74) is 4.21. The number of hydrogen-bond acceptors (Lipinski definition) is 4. The number of nitrogens with zero attached hydrogens (tertiary/aromatic N) is 1. The van der Waals surface area contributed by atoms with Crippen LogP contribution in [0.15, 0.2) is 53.6 Å². The smallest absolute Gasteiger partial charge is 0.329 e. The van der Waals surface area contributed by atoms with Crippen LogP contribution in [0.2, 0.25) is 0 Å². The molecule has 0 aromatic heterocycles. The van der Waals surface area contributed by atoms with Crippen molar-refractivity contribution in [2.45, 2.75) is 13.3 Å². The Morgan fingerprint density at radius 2 is 1.78 bits per heavy atom. The highest BCUT2D eigenvalue weighted by molar-refractivity contribution is 6.39. The van der Waals surface area contributed by atoms with Crippen LogP contribution in [0, 0.1) is 0 Å². The summed E-state index contributed by atoms with van der Waals surface area (Å²) in [6, 6.07) is 13.7. The Balaban J connectivity index is 1.89. The van der Waals surface area contributed by atoms with Gasteiger partial charge in [-0.25, -0.2) is 5.43 Å². The second-order valence-electron chi connectivity index (χ2n) is 4.76. The van der Waals surface area contributed by atoms with Crippen molar-refractivity contribution in [3.8, 4) is 5.75 Å². The number of carbonyl (C=O) groups excluding carboxylic acids is 2. The van der Waals surface area contributed by atoms with Crippen LogP contribution in [0.4, 0.5) is 5.69 Å². The van der Waals surface area contributed by atoms with Gasteiger partial charge in [-0.3, -0.25) is 9.59 Å². The molecule has 2 aromatic rings. The first-order chi connectivity index (χ1) is 11.1. The Labute approximate surface area is 133 Å². The predicted molar refractivity (Wildman–Crippen MR) is 88.3 cm³/mol. The van der Waals surface area contributed by atoms with E-state index >= 15 is 0 Å². The molecule has 0 aliphatic carbocycles. The van der Waals surface area contributed by atoms with Crippen molar-refractivity contribution in [2.24, 2.45) is 5.10 Å². The number of rotatable bonds is 4. The Hall–Kier alpha value is -3.15. The number of anilines is 1. The van der Waals surface area contributed by atoms with Gasteiger partial charge in [0.25, 0.3) is 0 Å². The monoisotopic (exact) mass is 311 g/mol. The fourth-order valence-corrected chi connectivity index (χ4v) is 1.82. The summed E-state index contributed by atoms with van der Waals surface area (Å²) >= 11 is 0. The summed E-state index contributed by atoms with van der Waals surface area (Å²) in [5, 5.41) is 15.7. The van der Waals surface area contributed by atoms with E-state index in [-0.39, 0.29) is 5.75 Å². The van der Waals surface area contributed by atoms with Crippen LogP contribution in [-0.4, -0.2) is 23.1 Å². The van der Waals surface area contributed by atoms with Crippen LogP contribution in [0.25, 0.3) is 0 Å². The van der Waals surface area contributed by atoms with Crippen molar-refractivity contribution in [2.75, 3.05) is 5.32 Å². The second-order valence-corrected chi connectivity index (χ2v) is 4.76. The van der Waals surface area contributed by atoms with E-state index in [1.807, 2.05) is 19.1 Å². The highest BCUT2D eigenvalue weighted by Crippen LogP contribution is 2.12. The van der Waals surface area contributed by atoms with Gasteiger partial charge in [-0.2, -0.15) is 5.10 Å². The van der Waals surface area contributed by atoms with Gasteiger partial charge < -0.3 is 10.4 Å². The molecule has 6 nitrogen and oxygen atoms in total. The van der Waals surface area contributed by atoms with Crippen molar-refractivity contribution in [1.29, 1.82) is 0 Å². The number of hydrazone groups is 1. The number of nitrogens with one attached hydrogen (secondary N) is 2. The fourth-order valence-electron chi connectivity index (χ4n) is 1.82. The molecule has 0 fully saturated rings. The van der Waals surface area contributed by atoms with Gasteiger partial charge in [-0.1, -0.05) is 31.2 Å². The lowest BCUT2D eigenvalue weighted by atomic mass is 10.1. The molecule has 0 spiro atoms. The minimum absolute atomic E-state index is 0.0333. The van der Waals surface area contributed by atoms with Crippen molar-refractivity contribution in [3.05, 3.63) is 59.7 Å². The quantitative estimate of drug-likeness (QED) is 0.458. The lowest BCUT2D eigenvalue weighted by molar-refractivity contribution is -0.136. The lowest BCUT2D eigenvalue weighted by Crippen LogP contribution is -2.32. The average Bonchev–Trinajstić information content (AvgIpc) is 2.57. The summed E-state index contributed by atoms with van der Waals surface area (Å²) in [6.45, 7) is 2.03. The third-order valence-electron chi connectivity index (χ3n) is 3.13. The molecule has 118 valence electrons. The minimum atomic E-state index is -0.892. The molecule has 0 radical (unpaired) electrons. The van der Waals surface area contributed by atoms with Crippen molar-refractivity contribution in [1.82, 2.24) is 5.43 Å². The number of aromatic hydroxyl groups is 1. The molecule has 2 amide bonds. The normalized spacial score (nSPS) is 10.5. The maximum Gasteiger partial charge on any atom is 0.329 e. The minimum Gasteiger partial charge on any atom is -0.507 e. The summed E-state index contributed by atoms with van der Waals surface area (Å²) in [5.74, 6) is -1.68. The first-order valence-electron chi connectivity index (χ1n) is 7.11. The van der Waals surface area contributed by atoms with Gasteiger partial charge >= 0.3 is 11.8 Å². The molecule has 0 aliphatic heterocycles. The van der Waals surface area contributed by atoms with Gasteiger partial charge in [0.15, 0.2) is 0 Å². The maximum atomic E-state index is 11.7. The van der Waals surface area contributed by atoms with Crippen LogP contribution >= 0.6 is 0 Å². The number of phenols is 1. The number of para-hydroxylation sites is 1. The molecule has 2 rings (SSSR count). The lowest BCUT2D eigenvalue weighted by Gasteiger charge is -2.04. The maximum absolute atomic E-state index is 11.7. The number of hydrogen-bond donors (Lipinski definition) is 3. The molecule has 2 aromatic carbocycles. The Morgan fingerprint density at radius 1 is 1.09 bits per heavy atom. The summed E-state index contributed by atoms with van der Waals surface area (Å²) in [4.78, 5) is 23.4. The van der Waals surface area contributed by atoms with E-state index in [4.69, 9.17) is 0 Å². The van der Waals surface area contributed by atoms with E-state index in [0.717, 1.165) is 12.0 Å². The summed E-state index contributed by atoms with van der Waals surface area (Å²) in [6.07, 6.45) is 2.16. The number of phenolic OH excluding ortho intramolecular Hbond substituents is 1. The van der Waals surface area contributed by atoms with E-state index in [2.05, 4.69) is 15.8 Å². The number of carbonyl (C=O) groups is 2. The zero-order valence-electron chi connectivity index (χ0n) is 12.6. The van der Waals surface area contributed by atoms with E-state index in [1.165, 1.54) is 12.3 Å². The molecule has 0 atom stereocenters. The van der Waals surface area contributed by atoms with Gasteiger partial charge in [-0.05, 0) is 36.2 Å². The van der Waals surface area contributed by atoms with Crippen LogP contribution in [0.5, 0.6) is 5.75 Å². The fraction of sp³-hybridized carbons (Fsp3) is 0.118. The van der Waals surface area contributed by atoms with Crippen LogP contribution in [0.3, 0.4) is 0 Å². The van der Waals surface area contributed by atoms with Gasteiger partial charge in [0, 0.05) is 11.3 Å². The SMILES string of the molecule is CCc1ccc(NC(=O)C(=O)N/N=C/c2ccccc2O)cc1. The van der Waals surface area contributed by atoms with Gasteiger partial charge in [0.1, 0.15) is 5.75 Å².